The normalized spacial score (nSPS) is 19.2. The highest BCUT2D eigenvalue weighted by molar-refractivity contribution is 6.42. The van der Waals surface area contributed by atoms with Gasteiger partial charge in [-0.15, -0.1) is 0 Å². The summed E-state index contributed by atoms with van der Waals surface area (Å²) >= 11 is 11.7. The molecule has 0 radical (unpaired) electrons. The monoisotopic (exact) mass is 300 g/mol. The number of amides is 1. The molecule has 1 aliphatic rings. The average Bonchev–Trinajstić information content (AvgIpc) is 2.42. The van der Waals surface area contributed by atoms with Crippen LogP contribution in [0.25, 0.3) is 0 Å². The number of hydrogen-bond acceptors (Lipinski definition) is 2. The molecule has 0 saturated carbocycles. The van der Waals surface area contributed by atoms with Crippen LogP contribution in [0.2, 0.25) is 10.0 Å². The number of carbonyl (C=O) groups is 1. The number of nitrogens with one attached hydrogen (secondary N) is 2. The van der Waals surface area contributed by atoms with Gasteiger partial charge in [0.1, 0.15) is 0 Å². The SMILES string of the molecule is O=C(CCC1CCCCN1)Nc1ccc(Cl)c(Cl)c1. The largest absolute Gasteiger partial charge is 0.326 e. The molecule has 0 aromatic heterocycles. The van der Waals surface area contributed by atoms with Crippen molar-refractivity contribution in [3.8, 4) is 0 Å². The number of hydrogen-bond donors (Lipinski definition) is 2. The number of halogens is 2. The fourth-order valence-electron chi connectivity index (χ4n) is 2.27. The van der Waals surface area contributed by atoms with Crippen LogP contribution in [-0.4, -0.2) is 18.5 Å². The average molecular weight is 301 g/mol. The van der Waals surface area contributed by atoms with Crippen LogP contribution in [0.4, 0.5) is 5.69 Å². The first kappa shape index (κ1) is 14.6. The van der Waals surface area contributed by atoms with Crippen molar-refractivity contribution in [1.29, 1.82) is 0 Å². The zero-order valence-corrected chi connectivity index (χ0v) is 12.2. The maximum absolute atomic E-state index is 11.8. The van der Waals surface area contributed by atoms with E-state index in [0.29, 0.717) is 28.2 Å². The van der Waals surface area contributed by atoms with Gasteiger partial charge >= 0.3 is 0 Å². The van der Waals surface area contributed by atoms with Gasteiger partial charge in [0.05, 0.1) is 10.0 Å². The summed E-state index contributed by atoms with van der Waals surface area (Å²) in [7, 11) is 0. The highest BCUT2D eigenvalue weighted by atomic mass is 35.5. The molecule has 19 heavy (non-hydrogen) atoms. The Morgan fingerprint density at radius 2 is 2.16 bits per heavy atom. The van der Waals surface area contributed by atoms with Crippen LogP contribution in [0.3, 0.4) is 0 Å². The minimum atomic E-state index is 0.0192. The lowest BCUT2D eigenvalue weighted by Gasteiger charge is -2.23. The van der Waals surface area contributed by atoms with Crippen molar-refractivity contribution in [1.82, 2.24) is 5.32 Å². The number of anilines is 1. The highest BCUT2D eigenvalue weighted by Gasteiger charge is 2.14. The Hall–Kier alpha value is -0.770. The number of piperidine rings is 1. The van der Waals surface area contributed by atoms with Gasteiger partial charge < -0.3 is 10.6 Å². The van der Waals surface area contributed by atoms with Crippen LogP contribution < -0.4 is 10.6 Å². The zero-order valence-electron chi connectivity index (χ0n) is 10.7. The second kappa shape index (κ2) is 7.13. The van der Waals surface area contributed by atoms with E-state index in [9.17, 15) is 4.79 Å². The Bertz CT molecular complexity index is 445. The van der Waals surface area contributed by atoms with Gasteiger partial charge in [0.15, 0.2) is 0 Å². The lowest BCUT2D eigenvalue weighted by atomic mass is 10.0. The molecule has 1 atom stereocenters. The van der Waals surface area contributed by atoms with Gasteiger partial charge in [-0.25, -0.2) is 0 Å². The quantitative estimate of drug-likeness (QED) is 0.886. The summed E-state index contributed by atoms with van der Waals surface area (Å²) in [6.45, 7) is 1.07. The predicted octanol–water partition coefficient (Wildman–Crippen LogP) is 3.85. The van der Waals surface area contributed by atoms with Gasteiger partial charge in [0.2, 0.25) is 5.91 Å². The number of carbonyl (C=O) groups excluding carboxylic acids is 1. The third kappa shape index (κ3) is 4.68. The Morgan fingerprint density at radius 1 is 1.32 bits per heavy atom. The van der Waals surface area contributed by atoms with Crippen molar-refractivity contribution in [2.45, 2.75) is 38.1 Å². The molecule has 1 heterocycles. The third-order valence-corrected chi connectivity index (χ3v) is 4.07. The lowest BCUT2D eigenvalue weighted by Crippen LogP contribution is -2.34. The van der Waals surface area contributed by atoms with Crippen molar-refractivity contribution >= 4 is 34.8 Å². The molecule has 104 valence electrons. The topological polar surface area (TPSA) is 41.1 Å². The molecular formula is C14H18Cl2N2O. The second-order valence-electron chi connectivity index (χ2n) is 4.86. The van der Waals surface area contributed by atoms with Crippen LogP contribution in [0, 0.1) is 0 Å². The van der Waals surface area contributed by atoms with E-state index in [-0.39, 0.29) is 5.91 Å². The van der Waals surface area contributed by atoms with Crippen LogP contribution in [0.15, 0.2) is 18.2 Å². The predicted molar refractivity (Wildman–Crippen MR) is 80.0 cm³/mol. The Kier molecular flexibility index (Phi) is 5.49. The van der Waals surface area contributed by atoms with E-state index in [1.165, 1.54) is 19.3 Å². The molecule has 1 amide bonds. The van der Waals surface area contributed by atoms with E-state index < -0.39 is 0 Å². The molecule has 0 spiro atoms. The molecular weight excluding hydrogens is 283 g/mol. The second-order valence-corrected chi connectivity index (χ2v) is 5.68. The van der Waals surface area contributed by atoms with Crippen LogP contribution in [-0.2, 0) is 4.79 Å². The minimum absolute atomic E-state index is 0.0192. The van der Waals surface area contributed by atoms with E-state index >= 15 is 0 Å². The Morgan fingerprint density at radius 3 is 2.84 bits per heavy atom. The van der Waals surface area contributed by atoms with E-state index in [1.54, 1.807) is 18.2 Å². The Balaban J connectivity index is 1.78. The van der Waals surface area contributed by atoms with Crippen molar-refractivity contribution in [2.75, 3.05) is 11.9 Å². The van der Waals surface area contributed by atoms with Crippen LogP contribution >= 0.6 is 23.2 Å². The maximum atomic E-state index is 11.8. The molecule has 3 nitrogen and oxygen atoms in total. The van der Waals surface area contributed by atoms with E-state index in [4.69, 9.17) is 23.2 Å². The molecule has 1 aromatic rings. The molecule has 1 aromatic carbocycles. The first-order chi connectivity index (χ1) is 9.15. The molecule has 0 bridgehead atoms. The minimum Gasteiger partial charge on any atom is -0.326 e. The van der Waals surface area contributed by atoms with Crippen molar-refractivity contribution in [3.05, 3.63) is 28.2 Å². The molecule has 0 aliphatic carbocycles. The third-order valence-electron chi connectivity index (χ3n) is 3.34. The summed E-state index contributed by atoms with van der Waals surface area (Å²) in [5, 5.41) is 7.22. The van der Waals surface area contributed by atoms with Crippen molar-refractivity contribution in [2.24, 2.45) is 0 Å². The number of rotatable bonds is 4. The molecule has 2 rings (SSSR count). The van der Waals surface area contributed by atoms with Crippen LogP contribution in [0.5, 0.6) is 0 Å². The summed E-state index contributed by atoms with van der Waals surface area (Å²) in [6, 6.07) is 5.58. The summed E-state index contributed by atoms with van der Waals surface area (Å²) in [5.41, 5.74) is 0.691. The van der Waals surface area contributed by atoms with Gasteiger partial charge in [-0.3, -0.25) is 4.79 Å². The summed E-state index contributed by atoms with van der Waals surface area (Å²) in [4.78, 5) is 11.8. The van der Waals surface area contributed by atoms with E-state index in [1.807, 2.05) is 0 Å². The zero-order chi connectivity index (χ0) is 13.7. The molecule has 1 unspecified atom stereocenters. The van der Waals surface area contributed by atoms with Crippen molar-refractivity contribution in [3.63, 3.8) is 0 Å². The standard InChI is InChI=1S/C14H18Cl2N2O/c15-12-6-4-11(9-13(12)16)18-14(19)7-5-10-3-1-2-8-17-10/h4,6,9-10,17H,1-3,5,7-8H2,(H,18,19). The lowest BCUT2D eigenvalue weighted by molar-refractivity contribution is -0.116. The van der Waals surface area contributed by atoms with Gasteiger partial charge in [-0.05, 0) is 44.0 Å². The fourth-order valence-corrected chi connectivity index (χ4v) is 2.57. The molecule has 1 aliphatic heterocycles. The molecule has 2 N–H and O–H groups in total. The van der Waals surface area contributed by atoms with Gasteiger partial charge in [0, 0.05) is 18.2 Å². The summed E-state index contributed by atoms with van der Waals surface area (Å²) in [5.74, 6) is 0.0192. The maximum Gasteiger partial charge on any atom is 0.224 e. The van der Waals surface area contributed by atoms with Crippen LogP contribution in [0.1, 0.15) is 32.1 Å². The summed E-state index contributed by atoms with van der Waals surface area (Å²) < 4.78 is 0. The first-order valence-corrected chi connectivity index (χ1v) is 7.39. The van der Waals surface area contributed by atoms with Gasteiger partial charge in [-0.1, -0.05) is 29.6 Å². The Labute approximate surface area is 123 Å². The fraction of sp³-hybridized carbons (Fsp3) is 0.500. The van der Waals surface area contributed by atoms with Gasteiger partial charge in [-0.2, -0.15) is 0 Å². The van der Waals surface area contributed by atoms with E-state index in [0.717, 1.165) is 13.0 Å². The number of benzene rings is 1. The molecule has 1 fully saturated rings. The first-order valence-electron chi connectivity index (χ1n) is 6.63. The molecule has 1 saturated heterocycles. The highest BCUT2D eigenvalue weighted by Crippen LogP contribution is 2.25. The summed E-state index contributed by atoms with van der Waals surface area (Å²) in [6.07, 6.45) is 5.07. The van der Waals surface area contributed by atoms with Gasteiger partial charge in [0.25, 0.3) is 0 Å². The van der Waals surface area contributed by atoms with Crippen molar-refractivity contribution < 1.29 is 4.79 Å². The smallest absolute Gasteiger partial charge is 0.224 e. The van der Waals surface area contributed by atoms with E-state index in [2.05, 4.69) is 10.6 Å². The molecule has 5 heteroatoms.